The molecule has 1 unspecified atom stereocenters. The first-order valence-corrected chi connectivity index (χ1v) is 10.4. The molecule has 4 rings (SSSR count). The first-order valence-electron chi connectivity index (χ1n) is 10.4. The third-order valence-electron chi connectivity index (χ3n) is 5.68. The molecule has 0 aromatic heterocycles. The van der Waals surface area contributed by atoms with Gasteiger partial charge in [0.25, 0.3) is 5.91 Å². The lowest BCUT2D eigenvalue weighted by atomic mass is 9.91. The number of carbonyl (C=O) groups excluding carboxylic acids is 1. The number of hydrogen-bond donors (Lipinski definition) is 2. The zero-order valence-electron chi connectivity index (χ0n) is 17.4. The second-order valence-corrected chi connectivity index (χ2v) is 7.86. The fourth-order valence-corrected chi connectivity index (χ4v) is 3.98. The van der Waals surface area contributed by atoms with Gasteiger partial charge >= 0.3 is 0 Å². The van der Waals surface area contributed by atoms with E-state index < -0.39 is 12.1 Å². The maximum absolute atomic E-state index is 12.5. The van der Waals surface area contributed by atoms with E-state index >= 15 is 0 Å². The molecular weight excluding hydrogens is 392 g/mol. The minimum absolute atomic E-state index is 0.268. The van der Waals surface area contributed by atoms with Gasteiger partial charge < -0.3 is 20.1 Å². The third kappa shape index (κ3) is 4.54. The van der Waals surface area contributed by atoms with Crippen molar-refractivity contribution in [2.75, 3.05) is 19.7 Å². The standard InChI is InChI=1S/C24H24N4O3/c1-15-7-21-20-4-3-16(11-25)8-18(20)14-31-22(21)10-17(15)9-19(12-26)28-24(29)23-13-27-5-2-6-30-23/h3-4,7-8,10,19,23,27H,2,5-6,9,13-14H2,1H3,(H,28,29)/t19?,23-/m0/s1. The number of nitrogens with zero attached hydrogens (tertiary/aromatic N) is 2. The highest BCUT2D eigenvalue weighted by Gasteiger charge is 2.25. The summed E-state index contributed by atoms with van der Waals surface area (Å²) in [6.45, 7) is 4.18. The maximum Gasteiger partial charge on any atom is 0.251 e. The summed E-state index contributed by atoms with van der Waals surface area (Å²) >= 11 is 0. The Kier molecular flexibility index (Phi) is 6.18. The number of amides is 1. The van der Waals surface area contributed by atoms with E-state index in [1.54, 1.807) is 0 Å². The van der Waals surface area contributed by atoms with E-state index in [1.165, 1.54) is 0 Å². The van der Waals surface area contributed by atoms with Crippen LogP contribution >= 0.6 is 0 Å². The Morgan fingerprint density at radius 2 is 2.16 bits per heavy atom. The van der Waals surface area contributed by atoms with Gasteiger partial charge in [-0.15, -0.1) is 0 Å². The van der Waals surface area contributed by atoms with E-state index in [0.717, 1.165) is 46.5 Å². The molecule has 0 spiro atoms. The molecule has 7 nitrogen and oxygen atoms in total. The molecule has 0 radical (unpaired) electrons. The summed E-state index contributed by atoms with van der Waals surface area (Å²) in [6.07, 6.45) is 0.660. The van der Waals surface area contributed by atoms with Crippen molar-refractivity contribution in [1.82, 2.24) is 10.6 Å². The monoisotopic (exact) mass is 416 g/mol. The summed E-state index contributed by atoms with van der Waals surface area (Å²) in [5.41, 5.74) is 5.59. The van der Waals surface area contributed by atoms with Gasteiger partial charge in [0.05, 0.1) is 17.7 Å². The Hall–Kier alpha value is -3.39. The van der Waals surface area contributed by atoms with Gasteiger partial charge in [-0.3, -0.25) is 4.79 Å². The summed E-state index contributed by atoms with van der Waals surface area (Å²) in [5.74, 6) is 0.479. The Labute approximate surface area is 181 Å². The average Bonchev–Trinajstić information content (AvgIpc) is 3.08. The summed E-state index contributed by atoms with van der Waals surface area (Å²) in [7, 11) is 0. The van der Waals surface area contributed by atoms with Gasteiger partial charge in [-0.1, -0.05) is 6.07 Å². The zero-order valence-corrected chi connectivity index (χ0v) is 17.4. The highest BCUT2D eigenvalue weighted by molar-refractivity contribution is 5.82. The van der Waals surface area contributed by atoms with Crippen LogP contribution in [0.5, 0.6) is 5.75 Å². The van der Waals surface area contributed by atoms with Gasteiger partial charge in [-0.2, -0.15) is 10.5 Å². The average molecular weight is 416 g/mol. The summed E-state index contributed by atoms with van der Waals surface area (Å²) in [4.78, 5) is 12.5. The predicted octanol–water partition coefficient (Wildman–Crippen LogP) is 2.36. The van der Waals surface area contributed by atoms with Gasteiger partial charge in [-0.05, 0) is 66.4 Å². The number of aryl methyl sites for hydroxylation is 1. The summed E-state index contributed by atoms with van der Waals surface area (Å²) in [6, 6.07) is 13.3. The lowest BCUT2D eigenvalue weighted by molar-refractivity contribution is -0.132. The highest BCUT2D eigenvalue weighted by atomic mass is 16.5. The molecule has 2 aliphatic rings. The fraction of sp³-hybridized carbons (Fsp3) is 0.375. The van der Waals surface area contributed by atoms with E-state index in [2.05, 4.69) is 22.8 Å². The number of nitriles is 2. The zero-order chi connectivity index (χ0) is 21.8. The second-order valence-electron chi connectivity index (χ2n) is 7.86. The van der Waals surface area contributed by atoms with Crippen molar-refractivity contribution < 1.29 is 14.3 Å². The van der Waals surface area contributed by atoms with Crippen LogP contribution < -0.4 is 15.4 Å². The molecule has 31 heavy (non-hydrogen) atoms. The smallest absolute Gasteiger partial charge is 0.251 e. The highest BCUT2D eigenvalue weighted by Crippen LogP contribution is 2.39. The minimum Gasteiger partial charge on any atom is -0.488 e. The topological polar surface area (TPSA) is 107 Å². The van der Waals surface area contributed by atoms with Crippen LogP contribution in [0.25, 0.3) is 11.1 Å². The molecule has 2 aliphatic heterocycles. The maximum atomic E-state index is 12.5. The van der Waals surface area contributed by atoms with Crippen LogP contribution in [0.3, 0.4) is 0 Å². The van der Waals surface area contributed by atoms with Crippen LogP contribution in [0.15, 0.2) is 30.3 Å². The summed E-state index contributed by atoms with van der Waals surface area (Å²) in [5, 5.41) is 24.7. The van der Waals surface area contributed by atoms with Crippen molar-refractivity contribution in [3.63, 3.8) is 0 Å². The molecular formula is C24H24N4O3. The van der Waals surface area contributed by atoms with E-state index in [4.69, 9.17) is 14.7 Å². The molecule has 0 aliphatic carbocycles. The van der Waals surface area contributed by atoms with Gasteiger partial charge in [0.15, 0.2) is 0 Å². The number of ether oxygens (including phenoxy) is 2. The molecule has 2 aromatic carbocycles. The Morgan fingerprint density at radius 1 is 1.29 bits per heavy atom. The molecule has 7 heteroatoms. The third-order valence-corrected chi connectivity index (χ3v) is 5.68. The lowest BCUT2D eigenvalue weighted by Gasteiger charge is -2.24. The molecule has 0 saturated carbocycles. The van der Waals surface area contributed by atoms with Gasteiger partial charge in [0.1, 0.15) is 24.5 Å². The number of benzene rings is 2. The van der Waals surface area contributed by atoms with Crippen molar-refractivity contribution in [2.24, 2.45) is 0 Å². The van der Waals surface area contributed by atoms with Gasteiger partial charge in [0.2, 0.25) is 0 Å². The van der Waals surface area contributed by atoms with E-state index in [9.17, 15) is 10.1 Å². The number of carbonyl (C=O) groups is 1. The number of hydrogen-bond acceptors (Lipinski definition) is 6. The van der Waals surface area contributed by atoms with Crippen molar-refractivity contribution in [3.05, 3.63) is 52.6 Å². The second kappa shape index (κ2) is 9.18. The number of rotatable bonds is 4. The largest absolute Gasteiger partial charge is 0.488 e. The number of fused-ring (bicyclic) bond motifs is 3. The molecule has 2 aromatic rings. The quantitative estimate of drug-likeness (QED) is 0.792. The van der Waals surface area contributed by atoms with Crippen LogP contribution in [0.2, 0.25) is 0 Å². The van der Waals surface area contributed by atoms with Crippen LogP contribution in [0, 0.1) is 29.6 Å². The van der Waals surface area contributed by atoms with Gasteiger partial charge in [0, 0.05) is 25.1 Å². The van der Waals surface area contributed by atoms with Crippen LogP contribution in [-0.4, -0.2) is 37.7 Å². The Morgan fingerprint density at radius 3 is 2.97 bits per heavy atom. The van der Waals surface area contributed by atoms with Crippen LogP contribution in [0.1, 0.15) is 28.7 Å². The molecule has 1 saturated heterocycles. The molecule has 0 bridgehead atoms. The Bertz CT molecular complexity index is 1080. The molecule has 158 valence electrons. The van der Waals surface area contributed by atoms with Crippen molar-refractivity contribution in [3.8, 4) is 29.0 Å². The molecule has 1 amide bonds. The first-order chi connectivity index (χ1) is 15.1. The molecule has 2 N–H and O–H groups in total. The Balaban J connectivity index is 1.52. The molecule has 2 heterocycles. The van der Waals surface area contributed by atoms with Crippen molar-refractivity contribution >= 4 is 5.91 Å². The van der Waals surface area contributed by atoms with Crippen molar-refractivity contribution in [1.29, 1.82) is 10.5 Å². The van der Waals surface area contributed by atoms with E-state index in [1.807, 2.05) is 37.3 Å². The molecule has 2 atom stereocenters. The summed E-state index contributed by atoms with van der Waals surface area (Å²) < 4.78 is 11.5. The fourth-order valence-electron chi connectivity index (χ4n) is 3.98. The number of nitrogens with one attached hydrogen (secondary N) is 2. The molecule has 1 fully saturated rings. The normalized spacial score (nSPS) is 18.2. The van der Waals surface area contributed by atoms with Crippen molar-refractivity contribution in [2.45, 2.75) is 38.5 Å². The minimum atomic E-state index is -0.662. The van der Waals surface area contributed by atoms with Gasteiger partial charge in [-0.25, -0.2) is 0 Å². The first kappa shape index (κ1) is 20.9. The predicted molar refractivity (Wildman–Crippen MR) is 114 cm³/mol. The van der Waals surface area contributed by atoms with Crippen LogP contribution in [-0.2, 0) is 22.6 Å². The van der Waals surface area contributed by atoms with E-state index in [0.29, 0.717) is 31.7 Å². The van der Waals surface area contributed by atoms with Crippen LogP contribution in [0.4, 0.5) is 0 Å². The lowest BCUT2D eigenvalue weighted by Crippen LogP contribution is -2.46. The van der Waals surface area contributed by atoms with E-state index in [-0.39, 0.29) is 5.91 Å². The SMILES string of the molecule is Cc1cc2c(cc1CC(C#N)NC(=O)[C@@H]1CNCCCO1)OCc1cc(C#N)ccc1-2.